The maximum atomic E-state index is 13.3. The zero-order chi connectivity index (χ0) is 20.4. The minimum absolute atomic E-state index is 0.0238. The Morgan fingerprint density at radius 3 is 2.55 bits per heavy atom. The van der Waals surface area contributed by atoms with E-state index in [0.717, 1.165) is 61.8 Å². The Kier molecular flexibility index (Phi) is 5.56. The van der Waals surface area contributed by atoms with E-state index in [-0.39, 0.29) is 11.5 Å². The highest BCUT2D eigenvalue weighted by Gasteiger charge is 2.29. The average Bonchev–Trinajstić information content (AvgIpc) is 2.74. The summed E-state index contributed by atoms with van der Waals surface area (Å²) >= 11 is 0. The van der Waals surface area contributed by atoms with Crippen LogP contribution in [0.4, 0.5) is 5.69 Å². The molecule has 0 atom stereocenters. The van der Waals surface area contributed by atoms with Gasteiger partial charge in [0.1, 0.15) is 5.69 Å². The molecular weight excluding hydrogens is 364 g/mol. The monoisotopic (exact) mass is 390 g/mol. The average molecular weight is 390 g/mol. The van der Waals surface area contributed by atoms with Gasteiger partial charge in [-0.15, -0.1) is 0 Å². The summed E-state index contributed by atoms with van der Waals surface area (Å²) in [5.41, 5.74) is 7.38. The second kappa shape index (κ2) is 8.27. The van der Waals surface area contributed by atoms with E-state index in [2.05, 4.69) is 6.92 Å². The van der Waals surface area contributed by atoms with Gasteiger partial charge in [-0.05, 0) is 91.8 Å². The molecule has 1 aromatic carbocycles. The zero-order valence-electron chi connectivity index (χ0n) is 16.9. The fraction of sp³-hybridized carbons (Fsp3) is 0.417. The van der Waals surface area contributed by atoms with E-state index in [9.17, 15) is 14.9 Å². The lowest BCUT2D eigenvalue weighted by Gasteiger charge is -2.27. The third-order valence-corrected chi connectivity index (χ3v) is 6.08. The van der Waals surface area contributed by atoms with Crippen LogP contribution >= 0.6 is 0 Å². The molecule has 5 nitrogen and oxygen atoms in total. The number of ketones is 1. The molecule has 0 saturated carbocycles. The molecule has 0 aliphatic heterocycles. The Morgan fingerprint density at radius 1 is 1.07 bits per heavy atom. The van der Waals surface area contributed by atoms with Crippen molar-refractivity contribution in [3.8, 4) is 0 Å². The van der Waals surface area contributed by atoms with Crippen molar-refractivity contribution in [1.29, 1.82) is 0 Å². The molecule has 0 N–H and O–H groups in total. The number of benzene rings is 1. The van der Waals surface area contributed by atoms with Crippen LogP contribution in [0.3, 0.4) is 0 Å². The summed E-state index contributed by atoms with van der Waals surface area (Å²) in [4.78, 5) is 28.6. The van der Waals surface area contributed by atoms with Crippen LogP contribution in [0.25, 0.3) is 6.08 Å². The number of aryl methyl sites for hydroxylation is 1. The molecule has 0 fully saturated rings. The van der Waals surface area contributed by atoms with Gasteiger partial charge in [0.15, 0.2) is 0 Å². The second-order valence-electron chi connectivity index (χ2n) is 8.00. The van der Waals surface area contributed by atoms with Gasteiger partial charge < -0.3 is 0 Å². The van der Waals surface area contributed by atoms with E-state index < -0.39 is 4.92 Å². The number of nitro benzene ring substituents is 1. The number of allylic oxidation sites excluding steroid dienone is 1. The molecule has 0 amide bonds. The highest BCUT2D eigenvalue weighted by molar-refractivity contribution is 6.12. The Labute approximate surface area is 171 Å². The molecule has 1 heterocycles. The summed E-state index contributed by atoms with van der Waals surface area (Å²) in [6, 6.07) is 6.35. The number of fused-ring (bicyclic) bond motifs is 2. The number of nitro groups is 1. The van der Waals surface area contributed by atoms with Crippen LogP contribution in [0.15, 0.2) is 29.8 Å². The Bertz CT molecular complexity index is 990. The topological polar surface area (TPSA) is 73.1 Å². The SMILES string of the molecule is CCCCc1c2c(nc3c1CC/C(=C\c1ccc([N+](=O)[O-])cc1)C3=O)CCCC2. The van der Waals surface area contributed by atoms with Crippen molar-refractivity contribution in [1.82, 2.24) is 4.98 Å². The summed E-state index contributed by atoms with van der Waals surface area (Å²) in [5.74, 6) is 0.0238. The highest BCUT2D eigenvalue weighted by Crippen LogP contribution is 2.34. The zero-order valence-corrected chi connectivity index (χ0v) is 16.9. The molecule has 5 heteroatoms. The van der Waals surface area contributed by atoms with Gasteiger partial charge in [0.05, 0.1) is 4.92 Å². The van der Waals surface area contributed by atoms with Gasteiger partial charge >= 0.3 is 0 Å². The summed E-state index contributed by atoms with van der Waals surface area (Å²) in [6.45, 7) is 2.20. The third kappa shape index (κ3) is 3.86. The maximum Gasteiger partial charge on any atom is 0.269 e. The molecule has 0 saturated heterocycles. The van der Waals surface area contributed by atoms with E-state index in [0.29, 0.717) is 12.1 Å². The van der Waals surface area contributed by atoms with E-state index in [4.69, 9.17) is 4.98 Å². The summed E-state index contributed by atoms with van der Waals surface area (Å²) in [6.07, 6.45) is 11.2. The molecule has 150 valence electrons. The fourth-order valence-electron chi connectivity index (χ4n) is 4.53. The first-order valence-corrected chi connectivity index (χ1v) is 10.6. The molecule has 2 aliphatic rings. The molecule has 0 spiro atoms. The minimum atomic E-state index is -0.413. The molecule has 2 aromatic rings. The lowest BCUT2D eigenvalue weighted by Crippen LogP contribution is -2.23. The molecule has 4 rings (SSSR count). The van der Waals surface area contributed by atoms with Gasteiger partial charge in [-0.1, -0.05) is 13.3 Å². The highest BCUT2D eigenvalue weighted by atomic mass is 16.6. The number of rotatable bonds is 5. The second-order valence-corrected chi connectivity index (χ2v) is 8.00. The van der Waals surface area contributed by atoms with Crippen molar-refractivity contribution in [2.45, 2.75) is 64.7 Å². The number of non-ortho nitro benzene ring substituents is 1. The van der Waals surface area contributed by atoms with Crippen molar-refractivity contribution < 1.29 is 9.72 Å². The van der Waals surface area contributed by atoms with Crippen molar-refractivity contribution in [2.75, 3.05) is 0 Å². The molecule has 1 aromatic heterocycles. The van der Waals surface area contributed by atoms with E-state index in [1.165, 1.54) is 35.2 Å². The number of carbonyl (C=O) groups is 1. The first-order chi connectivity index (χ1) is 14.1. The van der Waals surface area contributed by atoms with Crippen molar-refractivity contribution >= 4 is 17.5 Å². The van der Waals surface area contributed by atoms with Gasteiger partial charge in [-0.3, -0.25) is 14.9 Å². The van der Waals surface area contributed by atoms with Gasteiger partial charge in [0.25, 0.3) is 5.69 Å². The van der Waals surface area contributed by atoms with Gasteiger partial charge in [0.2, 0.25) is 5.78 Å². The Morgan fingerprint density at radius 2 is 1.83 bits per heavy atom. The number of carbonyl (C=O) groups excluding carboxylic acids is 1. The van der Waals surface area contributed by atoms with Crippen LogP contribution in [0.5, 0.6) is 0 Å². The molecule has 0 bridgehead atoms. The number of hydrogen-bond donors (Lipinski definition) is 0. The smallest absolute Gasteiger partial charge is 0.269 e. The number of Topliss-reactive ketones (excluding diaryl/α,β-unsaturated/α-hetero) is 1. The molecular formula is C24H26N2O3. The van der Waals surface area contributed by atoms with Gasteiger partial charge in [0, 0.05) is 23.4 Å². The quantitative estimate of drug-likeness (QED) is 0.388. The molecule has 29 heavy (non-hydrogen) atoms. The standard InChI is InChI=1S/C24H26N2O3/c1-2-3-6-19-20-7-4-5-8-22(20)25-23-21(19)14-11-17(24(23)27)15-16-9-12-18(13-10-16)26(28)29/h9-10,12-13,15H,2-8,11,14H2,1H3/b17-15+. The summed E-state index contributed by atoms with van der Waals surface area (Å²) in [5, 5.41) is 10.8. The van der Waals surface area contributed by atoms with Crippen LogP contribution in [0.2, 0.25) is 0 Å². The van der Waals surface area contributed by atoms with E-state index in [1.807, 2.05) is 6.08 Å². The van der Waals surface area contributed by atoms with Crippen LogP contribution in [-0.4, -0.2) is 15.7 Å². The maximum absolute atomic E-state index is 13.3. The normalized spacial score (nSPS) is 17.1. The molecule has 2 aliphatic carbocycles. The van der Waals surface area contributed by atoms with Crippen molar-refractivity contribution in [2.24, 2.45) is 0 Å². The Balaban J connectivity index is 1.70. The minimum Gasteiger partial charge on any atom is -0.287 e. The first-order valence-electron chi connectivity index (χ1n) is 10.6. The van der Waals surface area contributed by atoms with Crippen molar-refractivity contribution in [3.05, 3.63) is 73.6 Å². The van der Waals surface area contributed by atoms with Crippen molar-refractivity contribution in [3.63, 3.8) is 0 Å². The summed E-state index contributed by atoms with van der Waals surface area (Å²) in [7, 11) is 0. The number of pyridine rings is 1. The van der Waals surface area contributed by atoms with E-state index in [1.54, 1.807) is 12.1 Å². The van der Waals surface area contributed by atoms with Crippen LogP contribution in [0.1, 0.15) is 77.5 Å². The van der Waals surface area contributed by atoms with Gasteiger partial charge in [-0.25, -0.2) is 4.98 Å². The van der Waals surface area contributed by atoms with Crippen LogP contribution in [-0.2, 0) is 25.7 Å². The third-order valence-electron chi connectivity index (χ3n) is 6.08. The lowest BCUT2D eigenvalue weighted by atomic mass is 9.80. The van der Waals surface area contributed by atoms with Crippen LogP contribution < -0.4 is 0 Å². The largest absolute Gasteiger partial charge is 0.287 e. The number of nitrogens with zero attached hydrogens (tertiary/aromatic N) is 2. The predicted molar refractivity (Wildman–Crippen MR) is 113 cm³/mol. The Hall–Kier alpha value is -2.82. The van der Waals surface area contributed by atoms with Crippen LogP contribution in [0, 0.1) is 10.1 Å². The summed E-state index contributed by atoms with van der Waals surface area (Å²) < 4.78 is 0. The van der Waals surface area contributed by atoms with E-state index >= 15 is 0 Å². The molecule has 0 unspecified atom stereocenters. The van der Waals surface area contributed by atoms with Gasteiger partial charge in [-0.2, -0.15) is 0 Å². The number of unbranched alkanes of at least 4 members (excludes halogenated alkanes) is 1. The molecule has 0 radical (unpaired) electrons. The number of aromatic nitrogens is 1. The fourth-order valence-corrected chi connectivity index (χ4v) is 4.53. The lowest BCUT2D eigenvalue weighted by molar-refractivity contribution is -0.384. The number of hydrogen-bond acceptors (Lipinski definition) is 4. The first kappa shape index (κ1) is 19.5. The predicted octanol–water partition coefficient (Wildman–Crippen LogP) is 5.42.